The number of nitrogens with one attached hydrogen (secondary N) is 1. The topological polar surface area (TPSA) is 69.2 Å². The first kappa shape index (κ1) is 15.7. The van der Waals surface area contributed by atoms with Crippen LogP contribution in [0.25, 0.3) is 0 Å². The smallest absolute Gasteiger partial charge is 0.228 e. The number of nitrogens with zero attached hydrogens (tertiary/aromatic N) is 2. The molecule has 1 aliphatic rings. The highest BCUT2D eigenvalue weighted by molar-refractivity contribution is 5.78. The Bertz CT molecular complexity index is 642. The van der Waals surface area contributed by atoms with Crippen molar-refractivity contribution in [3.63, 3.8) is 0 Å². The molecule has 2 heterocycles. The number of H-pyrrole nitrogens is 1. The Kier molecular flexibility index (Phi) is 4.71. The van der Waals surface area contributed by atoms with Crippen molar-refractivity contribution in [3.8, 4) is 0 Å². The summed E-state index contributed by atoms with van der Waals surface area (Å²) < 4.78 is 13.0. The van der Waals surface area contributed by atoms with Crippen LogP contribution in [0.15, 0.2) is 36.8 Å². The number of benzene rings is 1. The molecule has 2 N–H and O–H groups in total. The summed E-state index contributed by atoms with van der Waals surface area (Å²) in [7, 11) is 0. The molecule has 2 atom stereocenters. The van der Waals surface area contributed by atoms with E-state index in [1.807, 2.05) is 0 Å². The van der Waals surface area contributed by atoms with Crippen LogP contribution in [0.3, 0.4) is 0 Å². The number of likely N-dealkylation sites (tertiary alicyclic amines) is 1. The first-order valence-electron chi connectivity index (χ1n) is 7.79. The number of aromatic amines is 1. The fourth-order valence-corrected chi connectivity index (χ4v) is 3.03. The van der Waals surface area contributed by atoms with Gasteiger partial charge in [0.2, 0.25) is 5.91 Å². The van der Waals surface area contributed by atoms with Crippen LogP contribution in [0.5, 0.6) is 0 Å². The molecule has 0 saturated carbocycles. The zero-order chi connectivity index (χ0) is 16.2. The van der Waals surface area contributed by atoms with E-state index in [-0.39, 0.29) is 17.6 Å². The number of imidazole rings is 1. The number of halogens is 1. The highest BCUT2D eigenvalue weighted by Crippen LogP contribution is 2.22. The van der Waals surface area contributed by atoms with Crippen LogP contribution >= 0.6 is 0 Å². The predicted octanol–water partition coefficient (Wildman–Crippen LogP) is 1.54. The summed E-state index contributed by atoms with van der Waals surface area (Å²) >= 11 is 0. The van der Waals surface area contributed by atoms with E-state index in [1.165, 1.54) is 12.1 Å². The Morgan fingerprint density at radius 3 is 2.87 bits per heavy atom. The van der Waals surface area contributed by atoms with Gasteiger partial charge in [-0.05, 0) is 30.5 Å². The van der Waals surface area contributed by atoms with E-state index in [1.54, 1.807) is 29.6 Å². The number of hydrogen-bond donors (Lipinski definition) is 2. The summed E-state index contributed by atoms with van der Waals surface area (Å²) in [5.41, 5.74) is 1.76. The van der Waals surface area contributed by atoms with Crippen molar-refractivity contribution >= 4 is 5.91 Å². The molecule has 1 saturated heterocycles. The molecule has 0 aliphatic carbocycles. The second kappa shape index (κ2) is 6.91. The normalized spacial score (nSPS) is 21.4. The van der Waals surface area contributed by atoms with E-state index in [4.69, 9.17) is 0 Å². The van der Waals surface area contributed by atoms with Crippen molar-refractivity contribution in [2.24, 2.45) is 5.92 Å². The Labute approximate surface area is 134 Å². The van der Waals surface area contributed by atoms with Gasteiger partial charge >= 0.3 is 0 Å². The van der Waals surface area contributed by atoms with Crippen LogP contribution in [0.2, 0.25) is 0 Å². The molecule has 3 rings (SSSR count). The van der Waals surface area contributed by atoms with Gasteiger partial charge < -0.3 is 15.0 Å². The van der Waals surface area contributed by atoms with Crippen LogP contribution in [-0.2, 0) is 17.6 Å². The van der Waals surface area contributed by atoms with Gasteiger partial charge in [-0.1, -0.05) is 12.1 Å². The monoisotopic (exact) mass is 317 g/mol. The number of aromatic nitrogens is 2. The highest BCUT2D eigenvalue weighted by Gasteiger charge is 2.30. The van der Waals surface area contributed by atoms with E-state index in [2.05, 4.69) is 9.97 Å². The number of carbonyl (C=O) groups excluding carboxylic acids is 1. The number of aliphatic hydroxyl groups excluding tert-OH is 1. The minimum atomic E-state index is -0.434. The van der Waals surface area contributed by atoms with Gasteiger partial charge in [-0.25, -0.2) is 9.37 Å². The molecular weight excluding hydrogens is 297 g/mol. The first-order chi connectivity index (χ1) is 11.1. The highest BCUT2D eigenvalue weighted by atomic mass is 19.1. The van der Waals surface area contributed by atoms with Crippen LogP contribution in [-0.4, -0.2) is 45.1 Å². The lowest BCUT2D eigenvalue weighted by Gasteiger charge is -2.36. The Morgan fingerprint density at radius 2 is 2.17 bits per heavy atom. The summed E-state index contributed by atoms with van der Waals surface area (Å²) in [6.07, 6.45) is 4.26. The minimum absolute atomic E-state index is 0.0278. The molecular formula is C17H20FN3O2. The number of carbonyl (C=O) groups is 1. The second-order valence-corrected chi connectivity index (χ2v) is 6.04. The van der Waals surface area contributed by atoms with Crippen LogP contribution < -0.4 is 0 Å². The molecule has 1 fully saturated rings. The molecule has 1 amide bonds. The van der Waals surface area contributed by atoms with Gasteiger partial charge in [-0.3, -0.25) is 4.79 Å². The van der Waals surface area contributed by atoms with Gasteiger partial charge in [0.25, 0.3) is 0 Å². The second-order valence-electron chi connectivity index (χ2n) is 6.04. The molecule has 23 heavy (non-hydrogen) atoms. The van der Waals surface area contributed by atoms with E-state index < -0.39 is 6.10 Å². The quantitative estimate of drug-likeness (QED) is 0.899. The molecule has 0 unspecified atom stereocenters. The summed E-state index contributed by atoms with van der Waals surface area (Å²) in [6.45, 7) is 1.08. The SMILES string of the molecule is O=C(Cc1cnc[nH]1)N1CC[C@H](O)[C@H](Cc2ccc(F)cc2)C1. The van der Waals surface area contributed by atoms with Gasteiger partial charge in [0, 0.05) is 30.9 Å². The zero-order valence-electron chi connectivity index (χ0n) is 12.8. The van der Waals surface area contributed by atoms with Gasteiger partial charge in [0.05, 0.1) is 18.9 Å². The summed E-state index contributed by atoms with van der Waals surface area (Å²) in [6, 6.07) is 6.30. The predicted molar refractivity (Wildman–Crippen MR) is 83.1 cm³/mol. The van der Waals surface area contributed by atoms with Crippen molar-refractivity contribution in [1.29, 1.82) is 0 Å². The lowest BCUT2D eigenvalue weighted by Crippen LogP contribution is -2.47. The fourth-order valence-electron chi connectivity index (χ4n) is 3.03. The number of rotatable bonds is 4. The maximum absolute atomic E-state index is 13.0. The molecule has 0 spiro atoms. The molecule has 5 nitrogen and oxygen atoms in total. The van der Waals surface area contributed by atoms with Crippen LogP contribution in [0.1, 0.15) is 17.7 Å². The van der Waals surface area contributed by atoms with Crippen molar-refractivity contribution in [2.45, 2.75) is 25.4 Å². The van der Waals surface area contributed by atoms with E-state index in [0.717, 1.165) is 11.3 Å². The number of aliphatic hydroxyl groups is 1. The Morgan fingerprint density at radius 1 is 1.39 bits per heavy atom. The molecule has 6 heteroatoms. The van der Waals surface area contributed by atoms with Gasteiger partial charge in [-0.15, -0.1) is 0 Å². The molecule has 2 aromatic rings. The molecule has 122 valence electrons. The van der Waals surface area contributed by atoms with Crippen LogP contribution in [0.4, 0.5) is 4.39 Å². The summed E-state index contributed by atoms with van der Waals surface area (Å²) in [4.78, 5) is 21.0. The maximum atomic E-state index is 13.0. The molecule has 0 radical (unpaired) electrons. The van der Waals surface area contributed by atoms with E-state index in [0.29, 0.717) is 32.4 Å². The van der Waals surface area contributed by atoms with Crippen molar-refractivity contribution in [3.05, 3.63) is 53.9 Å². The van der Waals surface area contributed by atoms with Gasteiger partial charge in [-0.2, -0.15) is 0 Å². The zero-order valence-corrected chi connectivity index (χ0v) is 12.8. The Balaban J connectivity index is 1.62. The van der Waals surface area contributed by atoms with Gasteiger partial charge in [0.15, 0.2) is 0 Å². The standard InChI is InChI=1S/C17H20FN3O2/c18-14-3-1-12(2-4-14)7-13-10-21(6-5-16(13)22)17(23)8-15-9-19-11-20-15/h1-4,9,11,13,16,22H,5-8,10H2,(H,19,20)/t13-,16+/m1/s1. The largest absolute Gasteiger partial charge is 0.393 e. The third-order valence-electron chi connectivity index (χ3n) is 4.35. The first-order valence-corrected chi connectivity index (χ1v) is 7.79. The van der Waals surface area contributed by atoms with Crippen molar-refractivity contribution < 1.29 is 14.3 Å². The molecule has 1 aromatic carbocycles. The number of hydrogen-bond acceptors (Lipinski definition) is 3. The minimum Gasteiger partial charge on any atom is -0.393 e. The fraction of sp³-hybridized carbons (Fsp3) is 0.412. The van der Waals surface area contributed by atoms with E-state index in [9.17, 15) is 14.3 Å². The van der Waals surface area contributed by atoms with E-state index >= 15 is 0 Å². The lowest BCUT2D eigenvalue weighted by atomic mass is 9.88. The average Bonchev–Trinajstić information content (AvgIpc) is 3.04. The number of amides is 1. The summed E-state index contributed by atoms with van der Waals surface area (Å²) in [5.74, 6) is -0.264. The Hall–Kier alpha value is -2.21. The average molecular weight is 317 g/mol. The summed E-state index contributed by atoms with van der Waals surface area (Å²) in [5, 5.41) is 10.2. The van der Waals surface area contributed by atoms with Crippen LogP contribution in [0, 0.1) is 11.7 Å². The van der Waals surface area contributed by atoms with Gasteiger partial charge in [0.1, 0.15) is 5.82 Å². The van der Waals surface area contributed by atoms with Crippen molar-refractivity contribution in [2.75, 3.05) is 13.1 Å². The third kappa shape index (κ3) is 3.96. The molecule has 0 bridgehead atoms. The molecule has 1 aromatic heterocycles. The third-order valence-corrected chi connectivity index (χ3v) is 4.35. The number of piperidine rings is 1. The van der Waals surface area contributed by atoms with Crippen molar-refractivity contribution in [1.82, 2.24) is 14.9 Å². The lowest BCUT2D eigenvalue weighted by molar-refractivity contribution is -0.134. The molecule has 1 aliphatic heterocycles. The maximum Gasteiger partial charge on any atom is 0.228 e.